The van der Waals surface area contributed by atoms with E-state index in [4.69, 9.17) is 4.74 Å². The summed E-state index contributed by atoms with van der Waals surface area (Å²) in [6, 6.07) is 0.234. The number of hydrogen-bond donors (Lipinski definition) is 1. The summed E-state index contributed by atoms with van der Waals surface area (Å²) in [6.45, 7) is 1.16. The lowest BCUT2D eigenvalue weighted by Gasteiger charge is -2.46. The van der Waals surface area contributed by atoms with Crippen LogP contribution in [-0.4, -0.2) is 57.5 Å². The molecule has 2 amide bonds. The maximum Gasteiger partial charge on any atom is 0.275 e. The normalized spacial score (nSPS) is 24.3. The van der Waals surface area contributed by atoms with Crippen LogP contribution in [0.15, 0.2) is 18.6 Å². The Bertz CT molecular complexity index is 693. The molecule has 1 aromatic rings. The van der Waals surface area contributed by atoms with Crippen LogP contribution in [0, 0.1) is 0 Å². The van der Waals surface area contributed by atoms with Gasteiger partial charge in [0.1, 0.15) is 11.2 Å². The molecule has 1 aliphatic heterocycles. The van der Waals surface area contributed by atoms with E-state index < -0.39 is 5.54 Å². The van der Waals surface area contributed by atoms with Crippen molar-refractivity contribution in [3.8, 4) is 0 Å². The number of nitrogens with one attached hydrogen (secondary N) is 1. The molecule has 29 heavy (non-hydrogen) atoms. The Morgan fingerprint density at radius 3 is 2.52 bits per heavy atom. The molecule has 0 radical (unpaired) electrons. The number of ether oxygens (including phenoxy) is 1. The molecule has 0 spiro atoms. The van der Waals surface area contributed by atoms with Crippen LogP contribution >= 0.6 is 0 Å². The first-order valence-corrected chi connectivity index (χ1v) is 11.2. The Labute approximate surface area is 172 Å². The average Bonchev–Trinajstić information content (AvgIpc) is 3.47. The quantitative estimate of drug-likeness (QED) is 0.794. The lowest BCUT2D eigenvalue weighted by Crippen LogP contribution is -2.64. The van der Waals surface area contributed by atoms with E-state index in [0.717, 1.165) is 64.4 Å². The second-order valence-electron chi connectivity index (χ2n) is 8.69. The topological polar surface area (TPSA) is 84.4 Å². The van der Waals surface area contributed by atoms with Gasteiger partial charge in [0.25, 0.3) is 5.91 Å². The highest BCUT2D eigenvalue weighted by Gasteiger charge is 2.48. The molecule has 0 bridgehead atoms. The Morgan fingerprint density at radius 1 is 1.07 bits per heavy atom. The summed E-state index contributed by atoms with van der Waals surface area (Å²) in [5, 5.41) is 3.29. The lowest BCUT2D eigenvalue weighted by atomic mass is 9.78. The van der Waals surface area contributed by atoms with Gasteiger partial charge in [-0.15, -0.1) is 0 Å². The van der Waals surface area contributed by atoms with Crippen molar-refractivity contribution in [3.63, 3.8) is 0 Å². The molecule has 3 aliphatic rings. The van der Waals surface area contributed by atoms with Crippen LogP contribution in [-0.2, 0) is 9.53 Å². The molecule has 2 aliphatic carbocycles. The Morgan fingerprint density at radius 2 is 1.86 bits per heavy atom. The standard InChI is InChI=1S/C22H32N4O3/c27-20(19-15-23-12-13-24-19)26(16-18-9-6-14-29-18)22(10-4-1-5-11-22)21(28)25-17-7-2-3-8-17/h12-13,15,17-18H,1-11,14,16H2,(H,25,28). The first-order chi connectivity index (χ1) is 14.2. The molecule has 2 saturated carbocycles. The minimum Gasteiger partial charge on any atom is -0.376 e. The number of carbonyl (C=O) groups is 2. The summed E-state index contributed by atoms with van der Waals surface area (Å²) in [5.41, 5.74) is -0.523. The predicted molar refractivity (Wildman–Crippen MR) is 108 cm³/mol. The van der Waals surface area contributed by atoms with Crippen molar-refractivity contribution in [3.05, 3.63) is 24.3 Å². The molecule has 158 valence electrons. The van der Waals surface area contributed by atoms with Gasteiger partial charge in [0.15, 0.2) is 0 Å². The molecule has 1 aromatic heterocycles. The number of carbonyl (C=O) groups excluding carboxylic acids is 2. The smallest absolute Gasteiger partial charge is 0.275 e. The number of hydrogen-bond acceptors (Lipinski definition) is 5. The summed E-state index contributed by atoms with van der Waals surface area (Å²) in [6.07, 6.45) is 15.3. The monoisotopic (exact) mass is 400 g/mol. The molecule has 3 fully saturated rings. The number of rotatable bonds is 6. The number of aromatic nitrogens is 2. The molecule has 2 heterocycles. The summed E-state index contributed by atoms with van der Waals surface area (Å²) < 4.78 is 5.86. The minimum atomic E-state index is -0.818. The van der Waals surface area contributed by atoms with Crippen LogP contribution in [0.2, 0.25) is 0 Å². The fourth-order valence-electron chi connectivity index (χ4n) is 5.14. The summed E-state index contributed by atoms with van der Waals surface area (Å²) >= 11 is 0. The molecule has 4 rings (SSSR count). The van der Waals surface area contributed by atoms with Gasteiger partial charge in [-0.2, -0.15) is 0 Å². The third kappa shape index (κ3) is 4.44. The SMILES string of the molecule is O=C(c1cnccn1)N(CC1CCCO1)C1(C(=O)NC2CCCC2)CCCCC1. The van der Waals surface area contributed by atoms with E-state index in [1.807, 2.05) is 0 Å². The third-order valence-electron chi connectivity index (χ3n) is 6.75. The van der Waals surface area contributed by atoms with Gasteiger partial charge in [-0.1, -0.05) is 32.1 Å². The highest BCUT2D eigenvalue weighted by Crippen LogP contribution is 2.36. The average molecular weight is 401 g/mol. The van der Waals surface area contributed by atoms with Crippen LogP contribution in [0.5, 0.6) is 0 Å². The van der Waals surface area contributed by atoms with E-state index in [2.05, 4.69) is 15.3 Å². The van der Waals surface area contributed by atoms with E-state index in [0.29, 0.717) is 25.1 Å². The summed E-state index contributed by atoms with van der Waals surface area (Å²) in [7, 11) is 0. The first-order valence-electron chi connectivity index (χ1n) is 11.2. The maximum absolute atomic E-state index is 13.6. The van der Waals surface area contributed by atoms with Crippen LogP contribution < -0.4 is 5.32 Å². The van der Waals surface area contributed by atoms with E-state index in [9.17, 15) is 9.59 Å². The van der Waals surface area contributed by atoms with Gasteiger partial charge in [0, 0.05) is 31.6 Å². The zero-order chi connectivity index (χ0) is 20.1. The van der Waals surface area contributed by atoms with Crippen LogP contribution in [0.1, 0.15) is 81.1 Å². The molecule has 7 heteroatoms. The maximum atomic E-state index is 13.6. The van der Waals surface area contributed by atoms with Crippen molar-refractivity contribution in [2.24, 2.45) is 0 Å². The molecule has 7 nitrogen and oxygen atoms in total. The van der Waals surface area contributed by atoms with Crippen LogP contribution in [0.4, 0.5) is 0 Å². The minimum absolute atomic E-state index is 0.0133. The Balaban J connectivity index is 1.64. The number of nitrogens with zero attached hydrogens (tertiary/aromatic N) is 3. The van der Waals surface area contributed by atoms with E-state index in [1.54, 1.807) is 11.1 Å². The van der Waals surface area contributed by atoms with E-state index in [1.165, 1.54) is 12.4 Å². The van der Waals surface area contributed by atoms with Crippen molar-refractivity contribution < 1.29 is 14.3 Å². The molecule has 1 unspecified atom stereocenters. The van der Waals surface area contributed by atoms with E-state index >= 15 is 0 Å². The molecule has 1 N–H and O–H groups in total. The van der Waals surface area contributed by atoms with E-state index in [-0.39, 0.29) is 24.0 Å². The number of amides is 2. The Kier molecular flexibility index (Phi) is 6.43. The highest BCUT2D eigenvalue weighted by atomic mass is 16.5. The molecular weight excluding hydrogens is 368 g/mol. The molecule has 0 aromatic carbocycles. The van der Waals surface area contributed by atoms with Gasteiger partial charge < -0.3 is 15.0 Å². The van der Waals surface area contributed by atoms with Crippen molar-refractivity contribution in [1.82, 2.24) is 20.2 Å². The largest absolute Gasteiger partial charge is 0.376 e. The fraction of sp³-hybridized carbons (Fsp3) is 0.727. The van der Waals surface area contributed by atoms with Crippen molar-refractivity contribution in [2.75, 3.05) is 13.2 Å². The fourth-order valence-corrected chi connectivity index (χ4v) is 5.14. The Hall–Kier alpha value is -2.02. The van der Waals surface area contributed by atoms with Crippen molar-refractivity contribution >= 4 is 11.8 Å². The van der Waals surface area contributed by atoms with Crippen LogP contribution in [0.25, 0.3) is 0 Å². The third-order valence-corrected chi connectivity index (χ3v) is 6.75. The van der Waals surface area contributed by atoms with Gasteiger partial charge >= 0.3 is 0 Å². The van der Waals surface area contributed by atoms with Gasteiger partial charge in [-0.25, -0.2) is 4.98 Å². The molecule has 1 saturated heterocycles. The van der Waals surface area contributed by atoms with Crippen LogP contribution in [0.3, 0.4) is 0 Å². The summed E-state index contributed by atoms with van der Waals surface area (Å²) in [4.78, 5) is 37.3. The summed E-state index contributed by atoms with van der Waals surface area (Å²) in [5.74, 6) is -0.198. The van der Waals surface area contributed by atoms with Gasteiger partial charge in [-0.05, 0) is 38.5 Å². The highest BCUT2D eigenvalue weighted by molar-refractivity contribution is 5.98. The zero-order valence-corrected chi connectivity index (χ0v) is 17.1. The second kappa shape index (κ2) is 9.20. The lowest BCUT2D eigenvalue weighted by molar-refractivity contribution is -0.136. The first kappa shape index (κ1) is 20.3. The van der Waals surface area contributed by atoms with Crippen molar-refractivity contribution in [1.29, 1.82) is 0 Å². The van der Waals surface area contributed by atoms with Gasteiger partial charge in [0.05, 0.1) is 12.3 Å². The second-order valence-corrected chi connectivity index (χ2v) is 8.69. The molecule has 1 atom stereocenters. The van der Waals surface area contributed by atoms with Gasteiger partial charge in [0.2, 0.25) is 5.91 Å². The predicted octanol–water partition coefficient (Wildman–Crippen LogP) is 2.86. The van der Waals surface area contributed by atoms with Crippen molar-refractivity contribution in [2.45, 2.75) is 88.3 Å². The zero-order valence-electron chi connectivity index (χ0n) is 17.1. The molecular formula is C22H32N4O3. The van der Waals surface area contributed by atoms with Gasteiger partial charge in [-0.3, -0.25) is 14.6 Å².